The summed E-state index contributed by atoms with van der Waals surface area (Å²) >= 11 is 0. The predicted molar refractivity (Wildman–Crippen MR) is 64.8 cm³/mol. The number of likely N-dealkylation sites (tertiary alicyclic amines) is 1. The Hall–Kier alpha value is -1.84. The van der Waals surface area contributed by atoms with Crippen molar-refractivity contribution in [2.75, 3.05) is 13.1 Å². The van der Waals surface area contributed by atoms with Crippen molar-refractivity contribution in [2.45, 2.75) is 19.4 Å². The second kappa shape index (κ2) is 5.48. The Kier molecular flexibility index (Phi) is 3.75. The molecular formula is C14H15N3. The molecule has 0 atom stereocenters. The molecule has 1 aliphatic heterocycles. The zero-order valence-electron chi connectivity index (χ0n) is 9.76. The molecule has 0 unspecified atom stereocenters. The summed E-state index contributed by atoms with van der Waals surface area (Å²) in [6, 6.07) is 12.2. The number of nitrogens with zero attached hydrogens (tertiary/aromatic N) is 3. The number of piperidine rings is 1. The number of rotatable bonds is 2. The maximum Gasteiger partial charge on any atom is 0.0991 e. The van der Waals surface area contributed by atoms with E-state index in [4.69, 9.17) is 10.5 Å². The molecule has 1 aromatic rings. The number of hydrogen-bond acceptors (Lipinski definition) is 3. The molecular weight excluding hydrogens is 210 g/mol. The molecule has 0 N–H and O–H groups in total. The summed E-state index contributed by atoms with van der Waals surface area (Å²) in [6.07, 6.45) is 1.93. The number of nitriles is 2. The first-order valence-electron chi connectivity index (χ1n) is 5.93. The van der Waals surface area contributed by atoms with Crippen LogP contribution in [0.4, 0.5) is 0 Å². The minimum Gasteiger partial charge on any atom is -0.299 e. The quantitative estimate of drug-likeness (QED) is 0.776. The van der Waals surface area contributed by atoms with Gasteiger partial charge in [-0.1, -0.05) is 12.1 Å². The van der Waals surface area contributed by atoms with Crippen LogP contribution in [0.3, 0.4) is 0 Å². The van der Waals surface area contributed by atoms with Crippen LogP contribution in [0.2, 0.25) is 0 Å². The molecule has 2 rings (SSSR count). The molecule has 0 saturated carbocycles. The third-order valence-electron chi connectivity index (χ3n) is 3.23. The van der Waals surface area contributed by atoms with E-state index in [-0.39, 0.29) is 5.92 Å². The highest BCUT2D eigenvalue weighted by atomic mass is 15.1. The van der Waals surface area contributed by atoms with E-state index >= 15 is 0 Å². The fourth-order valence-electron chi connectivity index (χ4n) is 2.22. The third-order valence-corrected chi connectivity index (χ3v) is 3.23. The van der Waals surface area contributed by atoms with Crippen molar-refractivity contribution in [3.63, 3.8) is 0 Å². The van der Waals surface area contributed by atoms with Gasteiger partial charge in [0.2, 0.25) is 0 Å². The molecule has 0 bridgehead atoms. The molecule has 0 amide bonds. The summed E-state index contributed by atoms with van der Waals surface area (Å²) < 4.78 is 0. The molecule has 86 valence electrons. The van der Waals surface area contributed by atoms with Crippen molar-refractivity contribution in [3.05, 3.63) is 35.4 Å². The van der Waals surface area contributed by atoms with Crippen LogP contribution in [-0.2, 0) is 6.54 Å². The Morgan fingerprint density at radius 3 is 2.65 bits per heavy atom. The van der Waals surface area contributed by atoms with Crippen LogP contribution in [0.1, 0.15) is 24.0 Å². The Bertz CT molecular complexity index is 459. The molecule has 1 heterocycles. The summed E-state index contributed by atoms with van der Waals surface area (Å²) in [5.41, 5.74) is 1.90. The van der Waals surface area contributed by atoms with Gasteiger partial charge in [-0.3, -0.25) is 4.90 Å². The molecule has 1 aromatic carbocycles. The first-order chi connectivity index (χ1) is 8.31. The van der Waals surface area contributed by atoms with Gasteiger partial charge in [0.1, 0.15) is 0 Å². The summed E-state index contributed by atoms with van der Waals surface area (Å²) in [6.45, 7) is 2.84. The minimum atomic E-state index is 0.233. The molecule has 1 saturated heterocycles. The van der Waals surface area contributed by atoms with Gasteiger partial charge >= 0.3 is 0 Å². The van der Waals surface area contributed by atoms with Gasteiger partial charge in [0.25, 0.3) is 0 Å². The highest BCUT2D eigenvalue weighted by molar-refractivity contribution is 5.32. The van der Waals surface area contributed by atoms with Crippen molar-refractivity contribution in [2.24, 2.45) is 5.92 Å². The van der Waals surface area contributed by atoms with E-state index < -0.39 is 0 Å². The maximum absolute atomic E-state index is 8.83. The maximum atomic E-state index is 8.83. The summed E-state index contributed by atoms with van der Waals surface area (Å²) in [5.74, 6) is 0.233. The van der Waals surface area contributed by atoms with Crippen molar-refractivity contribution in [3.8, 4) is 12.1 Å². The molecule has 1 aliphatic rings. The molecule has 0 aliphatic carbocycles. The lowest BCUT2D eigenvalue weighted by Gasteiger charge is -2.28. The Morgan fingerprint density at radius 2 is 2.00 bits per heavy atom. The molecule has 3 nitrogen and oxygen atoms in total. The summed E-state index contributed by atoms with van der Waals surface area (Å²) in [7, 11) is 0. The van der Waals surface area contributed by atoms with Gasteiger partial charge in [0, 0.05) is 12.5 Å². The Labute approximate surface area is 102 Å². The highest BCUT2D eigenvalue weighted by Gasteiger charge is 2.18. The normalized spacial score (nSPS) is 17.3. The topological polar surface area (TPSA) is 50.8 Å². The van der Waals surface area contributed by atoms with Gasteiger partial charge in [-0.25, -0.2) is 0 Å². The average molecular weight is 225 g/mol. The molecule has 3 heteroatoms. The average Bonchev–Trinajstić information content (AvgIpc) is 2.40. The van der Waals surface area contributed by atoms with E-state index in [0.29, 0.717) is 0 Å². The van der Waals surface area contributed by atoms with E-state index in [1.54, 1.807) is 0 Å². The minimum absolute atomic E-state index is 0.233. The van der Waals surface area contributed by atoms with Gasteiger partial charge in [-0.15, -0.1) is 0 Å². The smallest absolute Gasteiger partial charge is 0.0991 e. The van der Waals surface area contributed by atoms with Gasteiger partial charge in [0.15, 0.2) is 0 Å². The second-order valence-corrected chi connectivity index (χ2v) is 4.49. The van der Waals surface area contributed by atoms with E-state index in [1.165, 1.54) is 5.56 Å². The zero-order valence-corrected chi connectivity index (χ0v) is 9.76. The monoisotopic (exact) mass is 225 g/mol. The van der Waals surface area contributed by atoms with E-state index in [9.17, 15) is 0 Å². The number of benzene rings is 1. The highest BCUT2D eigenvalue weighted by Crippen LogP contribution is 2.18. The lowest BCUT2D eigenvalue weighted by Crippen LogP contribution is -2.32. The van der Waals surface area contributed by atoms with Crippen molar-refractivity contribution in [1.82, 2.24) is 4.90 Å². The van der Waals surface area contributed by atoms with Crippen molar-refractivity contribution in [1.29, 1.82) is 10.5 Å². The van der Waals surface area contributed by atoms with Gasteiger partial charge in [-0.2, -0.15) is 10.5 Å². The van der Waals surface area contributed by atoms with Gasteiger partial charge in [0.05, 0.1) is 17.7 Å². The summed E-state index contributed by atoms with van der Waals surface area (Å²) in [5, 5.41) is 17.7. The first kappa shape index (κ1) is 11.6. The Balaban J connectivity index is 1.94. The van der Waals surface area contributed by atoms with Crippen LogP contribution < -0.4 is 0 Å². The van der Waals surface area contributed by atoms with E-state index in [0.717, 1.165) is 38.0 Å². The second-order valence-electron chi connectivity index (χ2n) is 4.49. The van der Waals surface area contributed by atoms with Gasteiger partial charge < -0.3 is 0 Å². The summed E-state index contributed by atoms with van der Waals surface area (Å²) in [4.78, 5) is 2.35. The van der Waals surface area contributed by atoms with Crippen molar-refractivity contribution < 1.29 is 0 Å². The fraction of sp³-hybridized carbons (Fsp3) is 0.429. The number of hydrogen-bond donors (Lipinski definition) is 0. The SMILES string of the molecule is N#Cc1cccc(CN2CCC(C#N)CC2)c1. The van der Waals surface area contributed by atoms with Crippen LogP contribution in [0.25, 0.3) is 0 Å². The van der Waals surface area contributed by atoms with E-state index in [2.05, 4.69) is 23.1 Å². The Morgan fingerprint density at radius 1 is 1.24 bits per heavy atom. The fourth-order valence-corrected chi connectivity index (χ4v) is 2.22. The van der Waals surface area contributed by atoms with E-state index in [1.807, 2.05) is 18.2 Å². The van der Waals surface area contributed by atoms with Crippen LogP contribution in [-0.4, -0.2) is 18.0 Å². The third kappa shape index (κ3) is 3.06. The first-order valence-corrected chi connectivity index (χ1v) is 5.93. The molecule has 0 aromatic heterocycles. The molecule has 1 fully saturated rings. The van der Waals surface area contributed by atoms with Gasteiger partial charge in [-0.05, 0) is 43.6 Å². The predicted octanol–water partition coefficient (Wildman–Crippen LogP) is 2.29. The standard InChI is InChI=1S/C14H15N3/c15-9-12-4-6-17(7-5-12)11-14-3-1-2-13(8-14)10-16/h1-3,8,12H,4-7,11H2. The largest absolute Gasteiger partial charge is 0.299 e. The lowest BCUT2D eigenvalue weighted by molar-refractivity contribution is 0.198. The zero-order chi connectivity index (χ0) is 12.1. The van der Waals surface area contributed by atoms with Crippen LogP contribution in [0.15, 0.2) is 24.3 Å². The van der Waals surface area contributed by atoms with Crippen LogP contribution in [0, 0.1) is 28.6 Å². The molecule has 0 spiro atoms. The van der Waals surface area contributed by atoms with Crippen LogP contribution >= 0.6 is 0 Å². The molecule has 0 radical (unpaired) electrons. The van der Waals surface area contributed by atoms with Crippen LogP contribution in [0.5, 0.6) is 0 Å². The van der Waals surface area contributed by atoms with Crippen molar-refractivity contribution >= 4 is 0 Å². The lowest BCUT2D eigenvalue weighted by atomic mass is 9.98. The molecule has 17 heavy (non-hydrogen) atoms.